The smallest absolute Gasteiger partial charge is 0.408 e. The highest BCUT2D eigenvalue weighted by Crippen LogP contribution is 2.16. The lowest BCUT2D eigenvalue weighted by molar-refractivity contribution is 0.254. The Bertz CT molecular complexity index is 924. The fraction of sp³-hybridized carbons (Fsp3) is 0.400. The minimum Gasteiger partial charge on any atom is -0.408 e. The van der Waals surface area contributed by atoms with Gasteiger partial charge in [0.05, 0.1) is 5.52 Å². The summed E-state index contributed by atoms with van der Waals surface area (Å²) in [6, 6.07) is 12.1. The van der Waals surface area contributed by atoms with Crippen LogP contribution in [-0.4, -0.2) is 47.2 Å². The third kappa shape index (κ3) is 3.51. The van der Waals surface area contributed by atoms with Crippen LogP contribution < -0.4 is 10.7 Å². The van der Waals surface area contributed by atoms with Gasteiger partial charge < -0.3 is 9.32 Å². The van der Waals surface area contributed by atoms with Gasteiger partial charge in [0.1, 0.15) is 5.82 Å². The predicted octanol–water partition coefficient (Wildman–Crippen LogP) is 2.28. The molecule has 26 heavy (non-hydrogen) atoms. The van der Waals surface area contributed by atoms with Gasteiger partial charge in [-0.2, -0.15) is 0 Å². The first-order valence-electron chi connectivity index (χ1n) is 9.17. The van der Waals surface area contributed by atoms with E-state index in [9.17, 15) is 4.79 Å². The molecule has 0 radical (unpaired) electrons. The van der Waals surface area contributed by atoms with Gasteiger partial charge >= 0.3 is 5.76 Å². The Kier molecular flexibility index (Phi) is 4.75. The summed E-state index contributed by atoms with van der Waals surface area (Å²) in [6.07, 6.45) is 3.95. The van der Waals surface area contributed by atoms with Crippen LogP contribution in [0.1, 0.15) is 12.0 Å². The van der Waals surface area contributed by atoms with E-state index in [0.717, 1.165) is 56.9 Å². The number of oxazole rings is 1. The molecule has 6 heteroatoms. The van der Waals surface area contributed by atoms with Crippen molar-refractivity contribution in [2.45, 2.75) is 12.8 Å². The maximum absolute atomic E-state index is 11.6. The van der Waals surface area contributed by atoms with Crippen LogP contribution in [0.3, 0.4) is 0 Å². The Balaban J connectivity index is 1.27. The summed E-state index contributed by atoms with van der Waals surface area (Å²) in [5, 5.41) is 0. The summed E-state index contributed by atoms with van der Waals surface area (Å²) in [5.74, 6) is 0.771. The molecule has 1 aliphatic rings. The van der Waals surface area contributed by atoms with Crippen LogP contribution in [0, 0.1) is 0 Å². The van der Waals surface area contributed by atoms with Crippen LogP contribution in [0.2, 0.25) is 0 Å². The first-order valence-corrected chi connectivity index (χ1v) is 9.17. The monoisotopic (exact) mass is 352 g/mol. The lowest BCUT2D eigenvalue weighted by atomic mass is 10.1. The van der Waals surface area contributed by atoms with Crippen molar-refractivity contribution in [1.82, 2.24) is 14.5 Å². The second kappa shape index (κ2) is 7.33. The van der Waals surface area contributed by atoms with Gasteiger partial charge in [-0.1, -0.05) is 12.1 Å². The normalized spacial score (nSPS) is 15.7. The molecule has 0 N–H and O–H groups in total. The van der Waals surface area contributed by atoms with Crippen LogP contribution in [0.15, 0.2) is 51.8 Å². The molecular formula is C20H24N4O2. The van der Waals surface area contributed by atoms with E-state index in [1.54, 1.807) is 11.6 Å². The molecule has 6 nitrogen and oxygen atoms in total. The molecule has 3 heterocycles. The number of aryl methyl sites for hydroxylation is 2. The molecule has 1 saturated heterocycles. The largest absolute Gasteiger partial charge is 0.419 e. The third-order valence-corrected chi connectivity index (χ3v) is 5.14. The Morgan fingerprint density at radius 1 is 1.12 bits per heavy atom. The van der Waals surface area contributed by atoms with E-state index in [0.29, 0.717) is 5.58 Å². The second-order valence-electron chi connectivity index (χ2n) is 6.85. The third-order valence-electron chi connectivity index (χ3n) is 5.14. The lowest BCUT2D eigenvalue weighted by Gasteiger charge is -2.35. The molecule has 3 aromatic rings. The minimum atomic E-state index is -0.303. The van der Waals surface area contributed by atoms with Gasteiger partial charge in [-0.3, -0.25) is 9.47 Å². The Morgan fingerprint density at radius 2 is 1.96 bits per heavy atom. The maximum Gasteiger partial charge on any atom is 0.419 e. The van der Waals surface area contributed by atoms with Gasteiger partial charge in [0, 0.05) is 39.4 Å². The number of pyridine rings is 1. The molecule has 0 bridgehead atoms. The molecule has 2 aromatic heterocycles. The first kappa shape index (κ1) is 16.8. The summed E-state index contributed by atoms with van der Waals surface area (Å²) < 4.78 is 6.82. The number of hydrogen-bond donors (Lipinski definition) is 0. The molecule has 1 aliphatic heterocycles. The van der Waals surface area contributed by atoms with Crippen molar-refractivity contribution in [3.8, 4) is 0 Å². The number of hydrogen-bond acceptors (Lipinski definition) is 5. The van der Waals surface area contributed by atoms with Crippen molar-refractivity contribution in [1.29, 1.82) is 0 Å². The zero-order chi connectivity index (χ0) is 17.9. The molecular weight excluding hydrogens is 328 g/mol. The topological polar surface area (TPSA) is 54.5 Å². The van der Waals surface area contributed by atoms with Crippen molar-refractivity contribution in [2.24, 2.45) is 7.05 Å². The highest BCUT2D eigenvalue weighted by molar-refractivity contribution is 5.73. The van der Waals surface area contributed by atoms with Gasteiger partial charge in [0.25, 0.3) is 0 Å². The van der Waals surface area contributed by atoms with E-state index in [1.165, 1.54) is 5.56 Å². The highest BCUT2D eigenvalue weighted by Gasteiger charge is 2.17. The average molecular weight is 352 g/mol. The van der Waals surface area contributed by atoms with Crippen molar-refractivity contribution >= 4 is 16.9 Å². The summed E-state index contributed by atoms with van der Waals surface area (Å²) >= 11 is 0. The number of aromatic nitrogens is 2. The highest BCUT2D eigenvalue weighted by atomic mass is 16.4. The Labute approximate surface area is 152 Å². The second-order valence-corrected chi connectivity index (χ2v) is 6.85. The zero-order valence-corrected chi connectivity index (χ0v) is 15.1. The van der Waals surface area contributed by atoms with Gasteiger partial charge in [0.2, 0.25) is 0 Å². The van der Waals surface area contributed by atoms with Gasteiger partial charge in [-0.05, 0) is 49.2 Å². The molecule has 0 aliphatic carbocycles. The van der Waals surface area contributed by atoms with E-state index in [2.05, 4.69) is 26.9 Å². The van der Waals surface area contributed by atoms with E-state index in [4.69, 9.17) is 4.42 Å². The van der Waals surface area contributed by atoms with Crippen molar-refractivity contribution in [3.05, 3.63) is 58.7 Å². The minimum absolute atomic E-state index is 0.303. The van der Waals surface area contributed by atoms with Crippen LogP contribution in [0.4, 0.5) is 5.82 Å². The van der Waals surface area contributed by atoms with Gasteiger partial charge in [-0.25, -0.2) is 9.78 Å². The fourth-order valence-electron chi connectivity index (χ4n) is 3.58. The van der Waals surface area contributed by atoms with Crippen LogP contribution in [-0.2, 0) is 13.5 Å². The molecule has 1 aromatic carbocycles. The van der Waals surface area contributed by atoms with Crippen molar-refractivity contribution in [3.63, 3.8) is 0 Å². The first-order chi connectivity index (χ1) is 12.7. The Morgan fingerprint density at radius 3 is 2.73 bits per heavy atom. The van der Waals surface area contributed by atoms with E-state index in [1.807, 2.05) is 30.5 Å². The van der Waals surface area contributed by atoms with E-state index >= 15 is 0 Å². The molecule has 1 fully saturated rings. The molecule has 4 rings (SSSR count). The summed E-state index contributed by atoms with van der Waals surface area (Å²) in [4.78, 5) is 20.9. The molecule has 136 valence electrons. The van der Waals surface area contributed by atoms with Gasteiger partial charge in [0.15, 0.2) is 5.58 Å². The summed E-state index contributed by atoms with van der Waals surface area (Å²) in [7, 11) is 1.73. The van der Waals surface area contributed by atoms with Gasteiger partial charge in [-0.15, -0.1) is 0 Å². The summed E-state index contributed by atoms with van der Waals surface area (Å²) in [5.41, 5.74) is 2.75. The van der Waals surface area contributed by atoms with Crippen LogP contribution in [0.5, 0.6) is 0 Å². The number of rotatable bonds is 5. The predicted molar refractivity (Wildman–Crippen MR) is 103 cm³/mol. The van der Waals surface area contributed by atoms with E-state index < -0.39 is 0 Å². The lowest BCUT2D eigenvalue weighted by Crippen LogP contribution is -2.46. The number of piperazine rings is 1. The molecule has 0 saturated carbocycles. The molecule has 0 amide bonds. The number of fused-ring (bicyclic) bond motifs is 1. The van der Waals surface area contributed by atoms with Crippen molar-refractivity contribution < 1.29 is 4.42 Å². The number of anilines is 1. The van der Waals surface area contributed by atoms with E-state index in [-0.39, 0.29) is 5.76 Å². The standard InChI is InChI=1S/C20H24N4O2/c1-22-17-8-7-16(15-18(17)26-20(22)25)5-4-10-23-11-13-24(14-12-23)19-6-2-3-9-21-19/h2-3,6-9,15H,4-5,10-14H2,1H3. The quantitative estimate of drug-likeness (QED) is 0.705. The zero-order valence-electron chi connectivity index (χ0n) is 15.1. The maximum atomic E-state index is 11.6. The fourth-order valence-corrected chi connectivity index (χ4v) is 3.58. The summed E-state index contributed by atoms with van der Waals surface area (Å²) in [6.45, 7) is 5.29. The molecule has 0 unspecified atom stereocenters. The SMILES string of the molecule is Cn1c(=O)oc2cc(CCCN3CCN(c4ccccn4)CC3)ccc21. The number of nitrogens with zero attached hydrogens (tertiary/aromatic N) is 4. The average Bonchev–Trinajstić information content (AvgIpc) is 2.96. The van der Waals surface area contributed by atoms with Crippen LogP contribution in [0.25, 0.3) is 11.1 Å². The van der Waals surface area contributed by atoms with Crippen LogP contribution >= 0.6 is 0 Å². The molecule has 0 atom stereocenters. The van der Waals surface area contributed by atoms with Crippen molar-refractivity contribution in [2.75, 3.05) is 37.6 Å². The molecule has 0 spiro atoms. The Hall–Kier alpha value is -2.60. The number of benzene rings is 1.